The molecule has 1 aliphatic heterocycles. The minimum Gasteiger partial charge on any atom is -0.326 e. The van der Waals surface area contributed by atoms with E-state index in [0.717, 1.165) is 24.4 Å². The van der Waals surface area contributed by atoms with Crippen LogP contribution >= 0.6 is 0 Å². The molecule has 2 rings (SSSR count). The van der Waals surface area contributed by atoms with Crippen LogP contribution in [0.5, 0.6) is 0 Å². The van der Waals surface area contributed by atoms with Gasteiger partial charge in [0.25, 0.3) is 0 Å². The molecule has 2 N–H and O–H groups in total. The van der Waals surface area contributed by atoms with Gasteiger partial charge in [0, 0.05) is 18.6 Å². The van der Waals surface area contributed by atoms with Crippen molar-refractivity contribution >= 4 is 0 Å². The van der Waals surface area contributed by atoms with E-state index in [4.69, 9.17) is 5.73 Å². The van der Waals surface area contributed by atoms with Gasteiger partial charge in [-0.3, -0.25) is 4.90 Å². The summed E-state index contributed by atoms with van der Waals surface area (Å²) < 4.78 is 0. The second kappa shape index (κ2) is 4.19. The normalized spacial score (nSPS) is 37.1. The van der Waals surface area contributed by atoms with Gasteiger partial charge in [0.2, 0.25) is 0 Å². The summed E-state index contributed by atoms with van der Waals surface area (Å²) in [6.07, 6.45) is 5.51. The van der Waals surface area contributed by atoms with E-state index in [2.05, 4.69) is 18.7 Å². The lowest BCUT2D eigenvalue weighted by molar-refractivity contribution is 0.104. The molecular formula is C12H24N2. The number of hydrogen-bond donors (Lipinski definition) is 1. The van der Waals surface area contributed by atoms with E-state index in [-0.39, 0.29) is 0 Å². The van der Waals surface area contributed by atoms with E-state index in [1.807, 2.05) is 0 Å². The smallest absolute Gasteiger partial charge is 0.0196 e. The molecule has 1 saturated heterocycles. The SMILES string of the molecule is CC1CCCN(CC(N)C2CC2)C1C. The first-order chi connectivity index (χ1) is 6.68. The topological polar surface area (TPSA) is 29.3 Å². The van der Waals surface area contributed by atoms with Gasteiger partial charge in [-0.25, -0.2) is 0 Å². The molecule has 2 aliphatic rings. The van der Waals surface area contributed by atoms with Crippen LogP contribution in [0.25, 0.3) is 0 Å². The van der Waals surface area contributed by atoms with Crippen molar-refractivity contribution in [1.82, 2.24) is 4.90 Å². The average Bonchev–Trinajstić information content (AvgIpc) is 2.95. The summed E-state index contributed by atoms with van der Waals surface area (Å²) in [6.45, 7) is 7.14. The minimum atomic E-state index is 0.447. The van der Waals surface area contributed by atoms with Gasteiger partial charge in [0.15, 0.2) is 0 Å². The zero-order valence-corrected chi connectivity index (χ0v) is 9.58. The maximum absolute atomic E-state index is 6.18. The Balaban J connectivity index is 1.82. The molecule has 2 fully saturated rings. The van der Waals surface area contributed by atoms with Crippen LogP contribution < -0.4 is 5.73 Å². The lowest BCUT2D eigenvalue weighted by Crippen LogP contribution is -2.48. The second-order valence-electron chi connectivity index (χ2n) is 5.36. The Morgan fingerprint density at radius 1 is 1.29 bits per heavy atom. The van der Waals surface area contributed by atoms with E-state index >= 15 is 0 Å². The highest BCUT2D eigenvalue weighted by Gasteiger charge is 2.32. The van der Waals surface area contributed by atoms with Crippen molar-refractivity contribution in [3.05, 3.63) is 0 Å². The molecule has 0 bridgehead atoms. The largest absolute Gasteiger partial charge is 0.326 e. The van der Waals surface area contributed by atoms with Crippen molar-refractivity contribution in [1.29, 1.82) is 0 Å². The lowest BCUT2D eigenvalue weighted by Gasteiger charge is -2.39. The summed E-state index contributed by atoms with van der Waals surface area (Å²) in [5.74, 6) is 1.70. The van der Waals surface area contributed by atoms with Crippen molar-refractivity contribution in [2.24, 2.45) is 17.6 Å². The summed E-state index contributed by atoms with van der Waals surface area (Å²) in [5.41, 5.74) is 6.18. The van der Waals surface area contributed by atoms with E-state index in [1.54, 1.807) is 0 Å². The van der Waals surface area contributed by atoms with Gasteiger partial charge in [-0.2, -0.15) is 0 Å². The lowest BCUT2D eigenvalue weighted by atomic mass is 9.91. The van der Waals surface area contributed by atoms with Crippen molar-refractivity contribution in [3.63, 3.8) is 0 Å². The third kappa shape index (κ3) is 2.29. The van der Waals surface area contributed by atoms with E-state index < -0.39 is 0 Å². The number of nitrogens with zero attached hydrogens (tertiary/aromatic N) is 1. The van der Waals surface area contributed by atoms with Crippen LogP contribution in [0.2, 0.25) is 0 Å². The number of likely N-dealkylation sites (tertiary alicyclic amines) is 1. The monoisotopic (exact) mass is 196 g/mol. The zero-order valence-electron chi connectivity index (χ0n) is 9.58. The number of piperidine rings is 1. The molecule has 0 radical (unpaired) electrons. The fourth-order valence-electron chi connectivity index (χ4n) is 2.62. The number of nitrogens with two attached hydrogens (primary N) is 1. The summed E-state index contributed by atoms with van der Waals surface area (Å²) in [7, 11) is 0. The summed E-state index contributed by atoms with van der Waals surface area (Å²) >= 11 is 0. The molecule has 1 aliphatic carbocycles. The first-order valence-electron chi connectivity index (χ1n) is 6.18. The van der Waals surface area contributed by atoms with Crippen LogP contribution in [0, 0.1) is 11.8 Å². The summed E-state index contributed by atoms with van der Waals surface area (Å²) in [4.78, 5) is 2.61. The van der Waals surface area contributed by atoms with Gasteiger partial charge >= 0.3 is 0 Å². The van der Waals surface area contributed by atoms with Gasteiger partial charge in [0.1, 0.15) is 0 Å². The highest BCUT2D eigenvalue weighted by atomic mass is 15.2. The molecule has 3 atom stereocenters. The van der Waals surface area contributed by atoms with Crippen LogP contribution in [-0.4, -0.2) is 30.1 Å². The van der Waals surface area contributed by atoms with Crippen molar-refractivity contribution in [2.45, 2.75) is 51.6 Å². The van der Waals surface area contributed by atoms with Crippen molar-refractivity contribution in [3.8, 4) is 0 Å². The molecule has 1 heterocycles. The van der Waals surface area contributed by atoms with Crippen LogP contribution in [0.4, 0.5) is 0 Å². The first kappa shape index (κ1) is 10.4. The van der Waals surface area contributed by atoms with Crippen LogP contribution in [0.15, 0.2) is 0 Å². The standard InChI is InChI=1S/C12H24N2/c1-9-4-3-7-14(10(9)2)8-12(13)11-5-6-11/h9-12H,3-8,13H2,1-2H3. The molecule has 14 heavy (non-hydrogen) atoms. The number of rotatable bonds is 3. The Hall–Kier alpha value is -0.0800. The van der Waals surface area contributed by atoms with E-state index in [1.165, 1.54) is 32.2 Å². The van der Waals surface area contributed by atoms with Gasteiger partial charge in [-0.15, -0.1) is 0 Å². The Labute approximate surface area is 87.8 Å². The molecule has 0 aromatic rings. The molecule has 82 valence electrons. The third-order valence-corrected chi connectivity index (χ3v) is 4.18. The van der Waals surface area contributed by atoms with E-state index in [9.17, 15) is 0 Å². The van der Waals surface area contributed by atoms with Crippen LogP contribution in [-0.2, 0) is 0 Å². The Bertz CT molecular complexity index is 189. The van der Waals surface area contributed by atoms with Gasteiger partial charge in [-0.1, -0.05) is 6.92 Å². The maximum atomic E-state index is 6.18. The molecule has 0 spiro atoms. The fourth-order valence-corrected chi connectivity index (χ4v) is 2.62. The second-order valence-corrected chi connectivity index (χ2v) is 5.36. The first-order valence-corrected chi connectivity index (χ1v) is 6.18. The van der Waals surface area contributed by atoms with E-state index in [0.29, 0.717) is 6.04 Å². The van der Waals surface area contributed by atoms with Crippen molar-refractivity contribution < 1.29 is 0 Å². The van der Waals surface area contributed by atoms with Gasteiger partial charge in [0.05, 0.1) is 0 Å². The average molecular weight is 196 g/mol. The van der Waals surface area contributed by atoms with Gasteiger partial charge in [-0.05, 0) is 51.0 Å². The highest BCUT2D eigenvalue weighted by molar-refractivity contribution is 4.88. The third-order valence-electron chi connectivity index (χ3n) is 4.18. The summed E-state index contributed by atoms with van der Waals surface area (Å²) in [6, 6.07) is 1.19. The number of hydrogen-bond acceptors (Lipinski definition) is 2. The zero-order chi connectivity index (χ0) is 10.1. The molecule has 0 aromatic carbocycles. The molecule has 2 nitrogen and oxygen atoms in total. The molecule has 0 amide bonds. The molecule has 0 aromatic heterocycles. The Morgan fingerprint density at radius 3 is 2.64 bits per heavy atom. The fraction of sp³-hybridized carbons (Fsp3) is 1.00. The molecule has 1 saturated carbocycles. The highest BCUT2D eigenvalue weighted by Crippen LogP contribution is 2.33. The quantitative estimate of drug-likeness (QED) is 0.746. The van der Waals surface area contributed by atoms with Crippen molar-refractivity contribution in [2.75, 3.05) is 13.1 Å². The predicted molar refractivity (Wildman–Crippen MR) is 60.1 cm³/mol. The molecule has 2 heteroatoms. The summed E-state index contributed by atoms with van der Waals surface area (Å²) in [5, 5.41) is 0. The molecular weight excluding hydrogens is 172 g/mol. The van der Waals surface area contributed by atoms with Crippen LogP contribution in [0.3, 0.4) is 0 Å². The van der Waals surface area contributed by atoms with Gasteiger partial charge < -0.3 is 5.73 Å². The minimum absolute atomic E-state index is 0.447. The molecule has 3 unspecified atom stereocenters. The maximum Gasteiger partial charge on any atom is 0.0196 e. The Kier molecular flexibility index (Phi) is 3.13. The van der Waals surface area contributed by atoms with Crippen LogP contribution in [0.1, 0.15) is 39.5 Å². The Morgan fingerprint density at radius 2 is 2.00 bits per heavy atom. The predicted octanol–water partition coefficient (Wildman–Crippen LogP) is 1.84.